The molecule has 0 bridgehead atoms. The summed E-state index contributed by atoms with van der Waals surface area (Å²) in [5.41, 5.74) is 5.64. The van der Waals surface area contributed by atoms with Crippen LogP contribution in [0.25, 0.3) is 0 Å². The highest BCUT2D eigenvalue weighted by Crippen LogP contribution is 2.25. The van der Waals surface area contributed by atoms with Crippen LogP contribution in [0.2, 0.25) is 0 Å². The summed E-state index contributed by atoms with van der Waals surface area (Å²) in [4.78, 5) is 13.3. The van der Waals surface area contributed by atoms with Gasteiger partial charge in [0.05, 0.1) is 11.4 Å². The molecule has 4 rings (SSSR count). The summed E-state index contributed by atoms with van der Waals surface area (Å²) < 4.78 is 8.86. The van der Waals surface area contributed by atoms with Crippen molar-refractivity contribution in [2.75, 3.05) is 5.32 Å². The second-order valence-corrected chi connectivity index (χ2v) is 9.62. The maximum Gasteiger partial charge on any atom is 0.266 e. The number of carbonyl (C=O) groups is 1. The number of amides is 1. The Bertz CT molecular complexity index is 1240. The van der Waals surface area contributed by atoms with E-state index in [9.17, 15) is 4.79 Å². The van der Waals surface area contributed by atoms with Crippen molar-refractivity contribution in [3.63, 3.8) is 0 Å². The molecule has 2 heterocycles. The van der Waals surface area contributed by atoms with Gasteiger partial charge in [-0.1, -0.05) is 34.1 Å². The standard InChI is InChI=1S/C25H24BrN3O2S/c1-16-10-17(2)18(3)22(11-16)31-14-20-12-23(32-15-20)25(30)27-24-8-9-29(28-24)13-19-4-6-21(26)7-5-19/h4-12,15H,13-14H2,1-3H3,(H,27,28,30). The molecule has 1 N–H and O–H groups in total. The smallest absolute Gasteiger partial charge is 0.266 e. The average Bonchev–Trinajstić information content (AvgIpc) is 3.41. The SMILES string of the molecule is Cc1cc(C)c(C)c(OCc2csc(C(=O)Nc3ccn(Cc4ccc(Br)cc4)n3)c2)c1. The molecule has 0 radical (unpaired) electrons. The van der Waals surface area contributed by atoms with Gasteiger partial charge in [0.2, 0.25) is 0 Å². The molecule has 0 spiro atoms. The van der Waals surface area contributed by atoms with Gasteiger partial charge in [-0.2, -0.15) is 5.10 Å². The Morgan fingerprint density at radius 1 is 1.09 bits per heavy atom. The van der Waals surface area contributed by atoms with Crippen molar-refractivity contribution in [2.24, 2.45) is 0 Å². The first-order valence-electron chi connectivity index (χ1n) is 10.2. The average molecular weight is 510 g/mol. The quantitative estimate of drug-likeness (QED) is 0.308. The molecule has 0 aliphatic rings. The summed E-state index contributed by atoms with van der Waals surface area (Å²) in [5.74, 6) is 1.25. The molecule has 7 heteroatoms. The number of benzene rings is 2. The molecule has 164 valence electrons. The molecule has 32 heavy (non-hydrogen) atoms. The first kappa shape index (κ1) is 22.3. The van der Waals surface area contributed by atoms with Gasteiger partial charge in [0, 0.05) is 22.3 Å². The predicted molar refractivity (Wildman–Crippen MR) is 133 cm³/mol. The van der Waals surface area contributed by atoms with E-state index < -0.39 is 0 Å². The van der Waals surface area contributed by atoms with Gasteiger partial charge in [0.1, 0.15) is 12.4 Å². The van der Waals surface area contributed by atoms with E-state index in [0.717, 1.165) is 26.9 Å². The summed E-state index contributed by atoms with van der Waals surface area (Å²) in [5, 5.41) is 9.29. The van der Waals surface area contributed by atoms with Crippen LogP contribution in [-0.4, -0.2) is 15.7 Å². The van der Waals surface area contributed by atoms with Crippen LogP contribution in [0.15, 0.2) is 64.6 Å². The fourth-order valence-corrected chi connectivity index (χ4v) is 4.41. The Kier molecular flexibility index (Phi) is 6.77. The maximum absolute atomic E-state index is 12.7. The summed E-state index contributed by atoms with van der Waals surface area (Å²) in [6, 6.07) is 16.0. The molecule has 0 saturated heterocycles. The molecule has 0 aliphatic carbocycles. The van der Waals surface area contributed by atoms with Crippen LogP contribution in [-0.2, 0) is 13.2 Å². The monoisotopic (exact) mass is 509 g/mol. The lowest BCUT2D eigenvalue weighted by Gasteiger charge is -2.11. The summed E-state index contributed by atoms with van der Waals surface area (Å²) in [7, 11) is 0. The van der Waals surface area contributed by atoms with Gasteiger partial charge in [-0.3, -0.25) is 9.48 Å². The van der Waals surface area contributed by atoms with Crippen LogP contribution in [0.4, 0.5) is 5.82 Å². The van der Waals surface area contributed by atoms with Crippen molar-refractivity contribution >= 4 is 39.0 Å². The molecule has 2 aromatic carbocycles. The first-order valence-corrected chi connectivity index (χ1v) is 11.9. The van der Waals surface area contributed by atoms with E-state index in [0.29, 0.717) is 23.8 Å². The molecule has 0 unspecified atom stereocenters. The van der Waals surface area contributed by atoms with Crippen LogP contribution < -0.4 is 10.1 Å². The first-order chi connectivity index (χ1) is 15.4. The molecule has 2 aromatic heterocycles. The molecule has 0 saturated carbocycles. The molecule has 1 amide bonds. The molecule has 5 nitrogen and oxygen atoms in total. The number of halogens is 1. The van der Waals surface area contributed by atoms with Gasteiger partial charge >= 0.3 is 0 Å². The van der Waals surface area contributed by atoms with Crippen molar-refractivity contribution in [1.29, 1.82) is 0 Å². The molecule has 0 atom stereocenters. The molecule has 4 aromatic rings. The second-order valence-electron chi connectivity index (χ2n) is 7.79. The summed E-state index contributed by atoms with van der Waals surface area (Å²) in [6.07, 6.45) is 1.86. The number of hydrogen-bond acceptors (Lipinski definition) is 4. The second kappa shape index (κ2) is 9.71. The number of aryl methyl sites for hydroxylation is 2. The van der Waals surface area contributed by atoms with Crippen molar-refractivity contribution in [2.45, 2.75) is 33.9 Å². The van der Waals surface area contributed by atoms with Crippen molar-refractivity contribution in [3.05, 3.63) is 97.3 Å². The number of nitrogens with zero attached hydrogens (tertiary/aromatic N) is 2. The van der Waals surface area contributed by atoms with Crippen LogP contribution in [0.5, 0.6) is 5.75 Å². The Morgan fingerprint density at radius 3 is 2.66 bits per heavy atom. The highest BCUT2D eigenvalue weighted by molar-refractivity contribution is 9.10. The van der Waals surface area contributed by atoms with E-state index in [4.69, 9.17) is 4.74 Å². The lowest BCUT2D eigenvalue weighted by molar-refractivity contribution is 0.103. The molecular weight excluding hydrogens is 486 g/mol. The Labute approximate surface area is 200 Å². The minimum Gasteiger partial charge on any atom is -0.489 e. The maximum atomic E-state index is 12.7. The van der Waals surface area contributed by atoms with Gasteiger partial charge in [0.25, 0.3) is 5.91 Å². The number of rotatable bonds is 7. The van der Waals surface area contributed by atoms with E-state index in [-0.39, 0.29) is 5.91 Å². The zero-order valence-corrected chi connectivity index (χ0v) is 20.6. The van der Waals surface area contributed by atoms with E-state index in [2.05, 4.69) is 53.2 Å². The number of nitrogens with one attached hydrogen (secondary N) is 1. The Balaban J connectivity index is 1.35. The third kappa shape index (κ3) is 5.47. The zero-order chi connectivity index (χ0) is 22.7. The van der Waals surface area contributed by atoms with Gasteiger partial charge in [0.15, 0.2) is 5.82 Å². The zero-order valence-electron chi connectivity index (χ0n) is 18.2. The van der Waals surface area contributed by atoms with Crippen LogP contribution in [0.1, 0.15) is 37.5 Å². The number of aromatic nitrogens is 2. The van der Waals surface area contributed by atoms with Crippen molar-refractivity contribution in [3.8, 4) is 5.75 Å². The highest BCUT2D eigenvalue weighted by Gasteiger charge is 2.12. The van der Waals surface area contributed by atoms with Gasteiger partial charge in [-0.25, -0.2) is 0 Å². The number of anilines is 1. The summed E-state index contributed by atoms with van der Waals surface area (Å²) in [6.45, 7) is 7.28. The van der Waals surface area contributed by atoms with E-state index in [1.165, 1.54) is 22.5 Å². The van der Waals surface area contributed by atoms with Crippen molar-refractivity contribution in [1.82, 2.24) is 9.78 Å². The van der Waals surface area contributed by atoms with Crippen LogP contribution >= 0.6 is 27.3 Å². The fourth-order valence-electron chi connectivity index (χ4n) is 3.35. The topological polar surface area (TPSA) is 56.1 Å². The minimum absolute atomic E-state index is 0.169. The predicted octanol–water partition coefficient (Wildman–Crippen LogP) is 6.51. The summed E-state index contributed by atoms with van der Waals surface area (Å²) >= 11 is 4.84. The number of ether oxygens (including phenoxy) is 1. The fraction of sp³-hybridized carbons (Fsp3) is 0.200. The van der Waals surface area contributed by atoms with E-state index >= 15 is 0 Å². The van der Waals surface area contributed by atoms with Gasteiger partial charge < -0.3 is 10.1 Å². The molecule has 0 fully saturated rings. The Morgan fingerprint density at radius 2 is 1.88 bits per heavy atom. The number of thiophene rings is 1. The van der Waals surface area contributed by atoms with E-state index in [1.54, 1.807) is 10.7 Å². The minimum atomic E-state index is -0.169. The number of carbonyl (C=O) groups excluding carboxylic acids is 1. The van der Waals surface area contributed by atoms with E-state index in [1.807, 2.05) is 48.0 Å². The third-order valence-corrected chi connectivity index (χ3v) is 6.68. The van der Waals surface area contributed by atoms with Crippen LogP contribution in [0, 0.1) is 20.8 Å². The largest absolute Gasteiger partial charge is 0.489 e. The van der Waals surface area contributed by atoms with Crippen molar-refractivity contribution < 1.29 is 9.53 Å². The Hall–Kier alpha value is -2.90. The molecular formula is C25H24BrN3O2S. The van der Waals surface area contributed by atoms with Crippen LogP contribution in [0.3, 0.4) is 0 Å². The lowest BCUT2D eigenvalue weighted by atomic mass is 10.1. The third-order valence-electron chi connectivity index (χ3n) is 5.18. The lowest BCUT2D eigenvalue weighted by Crippen LogP contribution is -2.11. The molecule has 0 aliphatic heterocycles. The van der Waals surface area contributed by atoms with Gasteiger partial charge in [-0.05, 0) is 72.7 Å². The highest BCUT2D eigenvalue weighted by atomic mass is 79.9. The number of hydrogen-bond donors (Lipinski definition) is 1. The normalized spacial score (nSPS) is 10.9. The van der Waals surface area contributed by atoms with Gasteiger partial charge in [-0.15, -0.1) is 11.3 Å².